The van der Waals surface area contributed by atoms with Crippen molar-refractivity contribution in [3.05, 3.63) is 27.7 Å². The summed E-state index contributed by atoms with van der Waals surface area (Å²) in [7, 11) is 0. The summed E-state index contributed by atoms with van der Waals surface area (Å²) < 4.78 is 0. The van der Waals surface area contributed by atoms with E-state index < -0.39 is 5.97 Å². The Kier molecular flexibility index (Phi) is 5.01. The lowest BCUT2D eigenvalue weighted by molar-refractivity contribution is 0.0697. The fourth-order valence-corrected chi connectivity index (χ4v) is 1.34. The van der Waals surface area contributed by atoms with E-state index in [1.165, 1.54) is 12.1 Å². The third-order valence-corrected chi connectivity index (χ3v) is 2.07. The average molecular weight is 258 g/mol. The van der Waals surface area contributed by atoms with Gasteiger partial charge in [0, 0.05) is 0 Å². The van der Waals surface area contributed by atoms with Crippen LogP contribution in [0.25, 0.3) is 0 Å². The normalized spacial score (nSPS) is 9.07. The SMILES string of the molecule is Cl.NNc1cc(C(=O)O)c(Cl)cc1Cl. The van der Waals surface area contributed by atoms with Crippen LogP contribution in [0, 0.1) is 0 Å². The number of anilines is 1. The predicted molar refractivity (Wildman–Crippen MR) is 58.5 cm³/mol. The van der Waals surface area contributed by atoms with E-state index in [2.05, 4.69) is 5.43 Å². The molecule has 1 rings (SSSR count). The van der Waals surface area contributed by atoms with E-state index in [0.29, 0.717) is 5.69 Å². The van der Waals surface area contributed by atoms with E-state index in [4.69, 9.17) is 34.2 Å². The van der Waals surface area contributed by atoms with Crippen molar-refractivity contribution < 1.29 is 9.90 Å². The third kappa shape index (κ3) is 2.65. The Morgan fingerprint density at radius 2 is 1.93 bits per heavy atom. The van der Waals surface area contributed by atoms with Crippen LogP contribution in [0.3, 0.4) is 0 Å². The number of carbonyl (C=O) groups is 1. The first kappa shape index (κ1) is 13.3. The number of halogens is 3. The van der Waals surface area contributed by atoms with Gasteiger partial charge in [0.15, 0.2) is 0 Å². The molecule has 4 N–H and O–H groups in total. The van der Waals surface area contributed by atoms with Crippen LogP contribution < -0.4 is 11.3 Å². The van der Waals surface area contributed by atoms with E-state index in [0.717, 1.165) is 0 Å². The van der Waals surface area contributed by atoms with Crippen molar-refractivity contribution in [3.63, 3.8) is 0 Å². The van der Waals surface area contributed by atoms with Crippen molar-refractivity contribution in [1.82, 2.24) is 0 Å². The molecule has 0 aliphatic heterocycles. The Hall–Kier alpha value is -0.680. The van der Waals surface area contributed by atoms with Gasteiger partial charge in [0.1, 0.15) is 0 Å². The predicted octanol–water partition coefficient (Wildman–Crippen LogP) is 2.40. The first-order valence-electron chi connectivity index (χ1n) is 3.25. The fraction of sp³-hybridized carbons (Fsp3) is 0. The minimum atomic E-state index is -1.13. The Morgan fingerprint density at radius 1 is 1.36 bits per heavy atom. The maximum atomic E-state index is 10.6. The summed E-state index contributed by atoms with van der Waals surface area (Å²) in [6.07, 6.45) is 0. The third-order valence-electron chi connectivity index (χ3n) is 1.44. The molecule has 0 spiro atoms. The molecule has 0 saturated heterocycles. The van der Waals surface area contributed by atoms with Crippen molar-refractivity contribution in [3.8, 4) is 0 Å². The lowest BCUT2D eigenvalue weighted by atomic mass is 10.2. The van der Waals surface area contributed by atoms with E-state index in [1.807, 2.05) is 0 Å². The van der Waals surface area contributed by atoms with Crippen LogP contribution in [0.5, 0.6) is 0 Å². The number of hydrogen-bond donors (Lipinski definition) is 3. The molecule has 78 valence electrons. The van der Waals surface area contributed by atoms with Gasteiger partial charge in [0.2, 0.25) is 0 Å². The number of carboxylic acids is 1. The number of carboxylic acid groups (broad SMARTS) is 1. The van der Waals surface area contributed by atoms with Gasteiger partial charge in [-0.15, -0.1) is 12.4 Å². The molecule has 1 aromatic rings. The maximum absolute atomic E-state index is 10.6. The average Bonchev–Trinajstić information content (AvgIpc) is 2.03. The lowest BCUT2D eigenvalue weighted by Gasteiger charge is -2.05. The number of benzene rings is 1. The minimum absolute atomic E-state index is 0. The molecular weight excluding hydrogens is 250 g/mol. The summed E-state index contributed by atoms with van der Waals surface area (Å²) in [6, 6.07) is 2.59. The second-order valence-electron chi connectivity index (χ2n) is 2.26. The molecule has 0 radical (unpaired) electrons. The van der Waals surface area contributed by atoms with E-state index >= 15 is 0 Å². The molecule has 0 fully saturated rings. The summed E-state index contributed by atoms with van der Waals surface area (Å²) in [4.78, 5) is 10.6. The van der Waals surface area contributed by atoms with Gasteiger partial charge in [-0.25, -0.2) is 4.79 Å². The zero-order chi connectivity index (χ0) is 10.0. The van der Waals surface area contributed by atoms with Gasteiger partial charge in [0.05, 0.1) is 21.3 Å². The number of nitrogens with one attached hydrogen (secondary N) is 1. The molecule has 0 unspecified atom stereocenters. The summed E-state index contributed by atoms with van der Waals surface area (Å²) in [6.45, 7) is 0. The molecule has 7 heteroatoms. The lowest BCUT2D eigenvalue weighted by Crippen LogP contribution is -2.09. The van der Waals surface area contributed by atoms with Crippen molar-refractivity contribution >= 4 is 47.3 Å². The fourth-order valence-electron chi connectivity index (χ4n) is 0.823. The van der Waals surface area contributed by atoms with Crippen molar-refractivity contribution in [1.29, 1.82) is 0 Å². The number of hydrogen-bond acceptors (Lipinski definition) is 3. The Labute approximate surface area is 96.4 Å². The Bertz CT molecular complexity index is 357. The first-order chi connectivity index (χ1) is 6.06. The molecule has 0 aromatic heterocycles. The highest BCUT2D eigenvalue weighted by molar-refractivity contribution is 6.38. The zero-order valence-corrected chi connectivity index (χ0v) is 9.08. The Morgan fingerprint density at radius 3 is 2.36 bits per heavy atom. The van der Waals surface area contributed by atoms with Gasteiger partial charge in [-0.3, -0.25) is 5.84 Å². The molecule has 0 heterocycles. The van der Waals surface area contributed by atoms with Crippen LogP contribution in [0.4, 0.5) is 5.69 Å². The maximum Gasteiger partial charge on any atom is 0.337 e. The monoisotopic (exact) mass is 256 g/mol. The van der Waals surface area contributed by atoms with Gasteiger partial charge in [-0.2, -0.15) is 0 Å². The molecule has 0 aliphatic carbocycles. The summed E-state index contributed by atoms with van der Waals surface area (Å²) in [5, 5.41) is 9.04. The van der Waals surface area contributed by atoms with Crippen LogP contribution in [0.2, 0.25) is 10.0 Å². The molecule has 0 aliphatic rings. The summed E-state index contributed by atoms with van der Waals surface area (Å²) >= 11 is 11.3. The number of nitrogen functional groups attached to an aromatic ring is 1. The highest BCUT2D eigenvalue weighted by Crippen LogP contribution is 2.28. The van der Waals surface area contributed by atoms with Gasteiger partial charge < -0.3 is 10.5 Å². The molecule has 1 aromatic carbocycles. The molecule has 0 saturated carbocycles. The molecule has 4 nitrogen and oxygen atoms in total. The van der Waals surface area contributed by atoms with Crippen LogP contribution in [-0.2, 0) is 0 Å². The van der Waals surface area contributed by atoms with Crippen molar-refractivity contribution in [2.24, 2.45) is 5.84 Å². The van der Waals surface area contributed by atoms with E-state index in [1.54, 1.807) is 0 Å². The number of hydrazine groups is 1. The topological polar surface area (TPSA) is 75.3 Å². The van der Waals surface area contributed by atoms with Crippen LogP contribution in [-0.4, -0.2) is 11.1 Å². The van der Waals surface area contributed by atoms with Crippen molar-refractivity contribution in [2.45, 2.75) is 0 Å². The van der Waals surface area contributed by atoms with Crippen LogP contribution in [0.15, 0.2) is 12.1 Å². The van der Waals surface area contributed by atoms with Gasteiger partial charge in [0.25, 0.3) is 0 Å². The quantitative estimate of drug-likeness (QED) is 0.562. The molecular formula is C7H7Cl3N2O2. The molecule has 14 heavy (non-hydrogen) atoms. The van der Waals surface area contributed by atoms with Crippen LogP contribution in [0.1, 0.15) is 10.4 Å². The van der Waals surface area contributed by atoms with Crippen LogP contribution >= 0.6 is 35.6 Å². The highest BCUT2D eigenvalue weighted by Gasteiger charge is 2.11. The largest absolute Gasteiger partial charge is 0.478 e. The van der Waals surface area contributed by atoms with E-state index in [9.17, 15) is 4.79 Å². The number of aromatic carboxylic acids is 1. The Balaban J connectivity index is 0.00000169. The molecule has 0 atom stereocenters. The highest BCUT2D eigenvalue weighted by atomic mass is 35.5. The van der Waals surface area contributed by atoms with Gasteiger partial charge >= 0.3 is 5.97 Å². The van der Waals surface area contributed by atoms with Gasteiger partial charge in [-0.05, 0) is 12.1 Å². The first-order valence-corrected chi connectivity index (χ1v) is 4.01. The number of rotatable bonds is 2. The zero-order valence-electron chi connectivity index (χ0n) is 6.75. The van der Waals surface area contributed by atoms with Crippen molar-refractivity contribution in [2.75, 3.05) is 5.43 Å². The van der Waals surface area contributed by atoms with E-state index in [-0.39, 0.29) is 28.0 Å². The molecule has 0 amide bonds. The second kappa shape index (κ2) is 5.26. The number of nitrogens with two attached hydrogens (primary N) is 1. The smallest absolute Gasteiger partial charge is 0.337 e. The summed E-state index contributed by atoms with van der Waals surface area (Å²) in [5.74, 6) is 3.97. The minimum Gasteiger partial charge on any atom is -0.478 e. The second-order valence-corrected chi connectivity index (χ2v) is 3.08. The van der Waals surface area contributed by atoms with Gasteiger partial charge in [-0.1, -0.05) is 23.2 Å². The summed E-state index contributed by atoms with van der Waals surface area (Å²) in [5.41, 5.74) is 2.54. The molecule has 0 bridgehead atoms. The standard InChI is InChI=1S/C7H6Cl2N2O2.ClH/c8-4-2-5(9)6(11-10)1-3(4)7(12)13;/h1-2,11H,10H2,(H,12,13);1H.